The molecule has 0 bridgehead atoms. The van der Waals surface area contributed by atoms with Gasteiger partial charge in [-0.25, -0.2) is 15.0 Å². The van der Waals surface area contributed by atoms with Crippen LogP contribution in [0.2, 0.25) is 0 Å². The van der Waals surface area contributed by atoms with Crippen LogP contribution in [0, 0.1) is 6.92 Å². The van der Waals surface area contributed by atoms with E-state index in [9.17, 15) is 4.79 Å². The molecule has 0 aliphatic carbocycles. The predicted molar refractivity (Wildman–Crippen MR) is 87.6 cm³/mol. The summed E-state index contributed by atoms with van der Waals surface area (Å²) in [5, 5.41) is 3.12. The van der Waals surface area contributed by atoms with Crippen molar-refractivity contribution in [1.82, 2.24) is 24.8 Å². The average molecular weight is 328 g/mol. The number of carbonyl (C=O) groups excluding carboxylic acids is 1. The number of aromatic nitrogens is 4. The summed E-state index contributed by atoms with van der Waals surface area (Å²) in [6.45, 7) is 2.65. The molecule has 2 aromatic rings. The molecule has 1 N–H and O–H groups in total. The van der Waals surface area contributed by atoms with Gasteiger partial charge in [-0.3, -0.25) is 9.78 Å². The number of rotatable bonds is 5. The summed E-state index contributed by atoms with van der Waals surface area (Å²) in [4.78, 5) is 31.2. The number of nitrogens with one attached hydrogen (secondary N) is 1. The largest absolute Gasteiger partial charge is 0.375 e. The molecule has 0 saturated carbocycles. The summed E-state index contributed by atoms with van der Waals surface area (Å²) in [6.07, 6.45) is 6.69. The Morgan fingerprint density at radius 2 is 2.25 bits per heavy atom. The van der Waals surface area contributed by atoms with Gasteiger partial charge in [-0.1, -0.05) is 0 Å². The van der Waals surface area contributed by atoms with Gasteiger partial charge in [0.15, 0.2) is 0 Å². The summed E-state index contributed by atoms with van der Waals surface area (Å²) in [5.74, 6) is 1.88. The zero-order chi connectivity index (χ0) is 16.9. The molecule has 0 radical (unpaired) electrons. The highest BCUT2D eigenvalue weighted by Gasteiger charge is 2.31. The van der Waals surface area contributed by atoms with E-state index in [1.807, 2.05) is 17.9 Å². The molecule has 8 heteroatoms. The summed E-state index contributed by atoms with van der Waals surface area (Å²) in [6, 6.07) is 1.82. The molecule has 1 aliphatic rings. The fourth-order valence-electron chi connectivity index (χ4n) is 2.90. The van der Waals surface area contributed by atoms with Crippen LogP contribution in [0.1, 0.15) is 30.4 Å². The van der Waals surface area contributed by atoms with Crippen molar-refractivity contribution in [2.24, 2.45) is 0 Å². The summed E-state index contributed by atoms with van der Waals surface area (Å²) in [5.41, 5.74) is 0.829. The molecule has 1 amide bonds. The van der Waals surface area contributed by atoms with Crippen molar-refractivity contribution in [3.63, 3.8) is 0 Å². The van der Waals surface area contributed by atoms with Gasteiger partial charge in [0.2, 0.25) is 5.91 Å². The van der Waals surface area contributed by atoms with Crippen LogP contribution >= 0.6 is 0 Å². The van der Waals surface area contributed by atoms with Crippen LogP contribution < -0.4 is 5.32 Å². The third kappa shape index (κ3) is 3.65. The van der Waals surface area contributed by atoms with E-state index in [-0.39, 0.29) is 18.6 Å². The highest BCUT2D eigenvalue weighted by molar-refractivity contribution is 5.78. The molecule has 24 heavy (non-hydrogen) atoms. The van der Waals surface area contributed by atoms with Gasteiger partial charge in [-0.15, -0.1) is 0 Å². The Bertz CT molecular complexity index is 709. The molecule has 0 unspecified atom stereocenters. The van der Waals surface area contributed by atoms with E-state index in [1.165, 1.54) is 7.11 Å². The number of ether oxygens (including phenoxy) is 1. The molecule has 1 fully saturated rings. The maximum absolute atomic E-state index is 12.2. The molecule has 1 saturated heterocycles. The fraction of sp³-hybridized carbons (Fsp3) is 0.438. The van der Waals surface area contributed by atoms with Crippen LogP contribution in [0.15, 0.2) is 24.7 Å². The van der Waals surface area contributed by atoms with Gasteiger partial charge in [-0.2, -0.15) is 0 Å². The molecular weight excluding hydrogens is 308 g/mol. The van der Waals surface area contributed by atoms with Crippen molar-refractivity contribution in [2.75, 3.05) is 25.6 Å². The van der Waals surface area contributed by atoms with Crippen molar-refractivity contribution in [1.29, 1.82) is 0 Å². The molecule has 0 aromatic carbocycles. The lowest BCUT2D eigenvalue weighted by Crippen LogP contribution is -2.33. The summed E-state index contributed by atoms with van der Waals surface area (Å²) in [7, 11) is 1.53. The van der Waals surface area contributed by atoms with Gasteiger partial charge < -0.3 is 15.0 Å². The molecule has 3 heterocycles. The summed E-state index contributed by atoms with van der Waals surface area (Å²) >= 11 is 0. The van der Waals surface area contributed by atoms with Gasteiger partial charge in [0.1, 0.15) is 24.1 Å². The van der Waals surface area contributed by atoms with E-state index >= 15 is 0 Å². The second-order valence-electron chi connectivity index (χ2n) is 5.62. The van der Waals surface area contributed by atoms with Crippen LogP contribution in [-0.4, -0.2) is 51.0 Å². The van der Waals surface area contributed by atoms with E-state index in [0.29, 0.717) is 17.5 Å². The minimum atomic E-state index is -0.0447. The highest BCUT2D eigenvalue weighted by atomic mass is 16.5. The number of aryl methyl sites for hydroxylation is 1. The lowest BCUT2D eigenvalue weighted by atomic mass is 10.1. The first kappa shape index (κ1) is 16.3. The lowest BCUT2D eigenvalue weighted by molar-refractivity contribution is -0.136. The normalized spacial score (nSPS) is 17.1. The van der Waals surface area contributed by atoms with Crippen LogP contribution in [0.5, 0.6) is 0 Å². The number of carbonyl (C=O) groups is 1. The van der Waals surface area contributed by atoms with E-state index in [0.717, 1.165) is 25.1 Å². The molecular formula is C16H20N6O2. The molecule has 3 rings (SSSR count). The van der Waals surface area contributed by atoms with Gasteiger partial charge in [0.25, 0.3) is 0 Å². The topological polar surface area (TPSA) is 93.1 Å². The number of amides is 1. The van der Waals surface area contributed by atoms with Crippen molar-refractivity contribution in [3.8, 4) is 0 Å². The average Bonchev–Trinajstić information content (AvgIpc) is 3.05. The Kier molecular flexibility index (Phi) is 4.95. The Morgan fingerprint density at radius 1 is 1.38 bits per heavy atom. The molecule has 1 atom stereocenters. The Morgan fingerprint density at radius 3 is 3.00 bits per heavy atom. The van der Waals surface area contributed by atoms with Crippen molar-refractivity contribution in [3.05, 3.63) is 36.2 Å². The first-order valence-corrected chi connectivity index (χ1v) is 7.84. The first-order valence-electron chi connectivity index (χ1n) is 7.84. The van der Waals surface area contributed by atoms with Crippen molar-refractivity contribution < 1.29 is 9.53 Å². The monoisotopic (exact) mass is 328 g/mol. The van der Waals surface area contributed by atoms with Crippen LogP contribution in [0.3, 0.4) is 0 Å². The maximum atomic E-state index is 12.2. The smallest absolute Gasteiger partial charge is 0.249 e. The Labute approximate surface area is 140 Å². The molecule has 2 aromatic heterocycles. The number of nitrogens with zero attached hydrogens (tertiary/aromatic N) is 5. The third-order valence-electron chi connectivity index (χ3n) is 3.86. The predicted octanol–water partition coefficient (Wildman–Crippen LogP) is 1.63. The molecule has 8 nitrogen and oxygen atoms in total. The number of methoxy groups -OCH3 is 1. The molecule has 1 aliphatic heterocycles. The number of hydrogen-bond donors (Lipinski definition) is 1. The minimum Gasteiger partial charge on any atom is -0.375 e. The number of likely N-dealkylation sites (tertiary alicyclic amines) is 1. The lowest BCUT2D eigenvalue weighted by Gasteiger charge is -2.24. The van der Waals surface area contributed by atoms with Gasteiger partial charge in [0.05, 0.1) is 17.9 Å². The Hall–Kier alpha value is -2.61. The molecule has 0 spiro atoms. The minimum absolute atomic E-state index is 0.0142. The fourth-order valence-corrected chi connectivity index (χ4v) is 2.90. The maximum Gasteiger partial charge on any atom is 0.249 e. The van der Waals surface area contributed by atoms with E-state index in [2.05, 4.69) is 25.3 Å². The van der Waals surface area contributed by atoms with E-state index in [1.54, 1.807) is 18.6 Å². The Balaban J connectivity index is 1.84. The second kappa shape index (κ2) is 7.31. The van der Waals surface area contributed by atoms with Gasteiger partial charge in [-0.05, 0) is 19.8 Å². The van der Waals surface area contributed by atoms with Crippen LogP contribution in [-0.2, 0) is 9.53 Å². The summed E-state index contributed by atoms with van der Waals surface area (Å²) < 4.78 is 4.98. The SMILES string of the molecule is COCC(=O)N1CCC[C@H]1c1cc(Nc2cnccn2)nc(C)n1. The highest BCUT2D eigenvalue weighted by Crippen LogP contribution is 2.32. The third-order valence-corrected chi connectivity index (χ3v) is 3.86. The first-order chi connectivity index (χ1) is 11.7. The van der Waals surface area contributed by atoms with E-state index in [4.69, 9.17) is 4.74 Å². The van der Waals surface area contributed by atoms with Gasteiger partial charge in [0, 0.05) is 32.1 Å². The standard InChI is InChI=1S/C16H20N6O2/c1-11-19-12(13-4-3-7-22(13)16(23)10-24-2)8-14(20-11)21-15-9-17-5-6-18-15/h5-6,8-9,13H,3-4,7,10H2,1-2H3,(H,18,19,20,21)/t13-/m0/s1. The second-order valence-corrected chi connectivity index (χ2v) is 5.62. The van der Waals surface area contributed by atoms with Crippen LogP contribution in [0.25, 0.3) is 0 Å². The zero-order valence-corrected chi connectivity index (χ0v) is 13.8. The van der Waals surface area contributed by atoms with Crippen molar-refractivity contribution in [2.45, 2.75) is 25.8 Å². The molecule has 126 valence electrons. The number of anilines is 2. The number of hydrogen-bond acceptors (Lipinski definition) is 7. The van der Waals surface area contributed by atoms with Crippen LogP contribution in [0.4, 0.5) is 11.6 Å². The zero-order valence-electron chi connectivity index (χ0n) is 13.8. The quantitative estimate of drug-likeness (QED) is 0.891. The van der Waals surface area contributed by atoms with Crippen molar-refractivity contribution >= 4 is 17.5 Å². The van der Waals surface area contributed by atoms with E-state index < -0.39 is 0 Å². The van der Waals surface area contributed by atoms with Gasteiger partial charge >= 0.3 is 0 Å².